The Labute approximate surface area is 128 Å². The highest BCUT2D eigenvalue weighted by molar-refractivity contribution is 6.49. The largest absolute Gasteiger partial charge is 0.476 e. The van der Waals surface area contributed by atoms with Gasteiger partial charge in [0.15, 0.2) is 5.69 Å². The average Bonchev–Trinajstić information content (AvgIpc) is 2.35. The first kappa shape index (κ1) is 14.4. The van der Waals surface area contributed by atoms with Crippen molar-refractivity contribution in [2.75, 3.05) is 0 Å². The van der Waals surface area contributed by atoms with Crippen molar-refractivity contribution in [3.63, 3.8) is 0 Å². The van der Waals surface area contributed by atoms with Crippen LogP contribution in [0.1, 0.15) is 10.5 Å². The average molecular weight is 337 g/mol. The van der Waals surface area contributed by atoms with Crippen LogP contribution >= 0.6 is 46.4 Å². The molecule has 0 amide bonds. The number of carboxylic acid groups (broad SMARTS) is 1. The van der Waals surface area contributed by atoms with Gasteiger partial charge < -0.3 is 5.11 Å². The highest BCUT2D eigenvalue weighted by atomic mass is 35.5. The van der Waals surface area contributed by atoms with Crippen LogP contribution in [0.2, 0.25) is 20.1 Å². The van der Waals surface area contributed by atoms with Gasteiger partial charge in [0, 0.05) is 17.3 Å². The summed E-state index contributed by atoms with van der Waals surface area (Å²) in [5, 5.41) is 9.68. The summed E-state index contributed by atoms with van der Waals surface area (Å²) in [6.07, 6.45) is 1.36. The van der Waals surface area contributed by atoms with Crippen LogP contribution < -0.4 is 0 Å². The lowest BCUT2D eigenvalue weighted by Gasteiger charge is -2.08. The Morgan fingerprint density at radius 3 is 2.32 bits per heavy atom. The van der Waals surface area contributed by atoms with E-state index < -0.39 is 5.97 Å². The molecule has 3 nitrogen and oxygen atoms in total. The van der Waals surface area contributed by atoms with Crippen molar-refractivity contribution in [1.82, 2.24) is 4.98 Å². The highest BCUT2D eigenvalue weighted by Crippen LogP contribution is 2.38. The van der Waals surface area contributed by atoms with Gasteiger partial charge in [0.25, 0.3) is 0 Å². The van der Waals surface area contributed by atoms with Gasteiger partial charge in [0.1, 0.15) is 0 Å². The van der Waals surface area contributed by atoms with Crippen LogP contribution in [0.15, 0.2) is 24.4 Å². The van der Waals surface area contributed by atoms with Crippen molar-refractivity contribution in [3.05, 3.63) is 50.2 Å². The predicted molar refractivity (Wildman–Crippen MR) is 76.7 cm³/mol. The number of benzene rings is 1. The third-order valence-electron chi connectivity index (χ3n) is 2.39. The van der Waals surface area contributed by atoms with Gasteiger partial charge in [0.05, 0.1) is 20.1 Å². The van der Waals surface area contributed by atoms with E-state index in [4.69, 9.17) is 51.5 Å². The molecule has 0 fully saturated rings. The molecule has 0 spiro atoms. The topological polar surface area (TPSA) is 50.2 Å². The molecule has 98 valence electrons. The van der Waals surface area contributed by atoms with Crippen LogP contribution in [0.25, 0.3) is 11.1 Å². The zero-order valence-electron chi connectivity index (χ0n) is 9.12. The summed E-state index contributed by atoms with van der Waals surface area (Å²) in [5.74, 6) is -1.20. The molecule has 0 aliphatic rings. The van der Waals surface area contributed by atoms with Crippen molar-refractivity contribution in [1.29, 1.82) is 0 Å². The van der Waals surface area contributed by atoms with E-state index in [1.807, 2.05) is 0 Å². The van der Waals surface area contributed by atoms with Gasteiger partial charge in [-0.1, -0.05) is 52.5 Å². The summed E-state index contributed by atoms with van der Waals surface area (Å²) in [5.41, 5.74) is 0.905. The fraction of sp³-hybridized carbons (Fsp3) is 0. The van der Waals surface area contributed by atoms with Crippen LogP contribution in [0.5, 0.6) is 0 Å². The first-order valence-electron chi connectivity index (χ1n) is 4.94. The summed E-state index contributed by atoms with van der Waals surface area (Å²) >= 11 is 23.7. The van der Waals surface area contributed by atoms with Gasteiger partial charge in [-0.3, -0.25) is 0 Å². The third-order valence-corrected chi connectivity index (χ3v) is 3.97. The van der Waals surface area contributed by atoms with Gasteiger partial charge in [-0.2, -0.15) is 0 Å². The molecule has 0 saturated carbocycles. The molecule has 19 heavy (non-hydrogen) atoms. The van der Waals surface area contributed by atoms with Gasteiger partial charge in [-0.15, -0.1) is 0 Å². The number of nitrogens with zero attached hydrogens (tertiary/aromatic N) is 1. The molecule has 0 aliphatic heterocycles. The lowest BCUT2D eigenvalue weighted by molar-refractivity contribution is 0.0691. The molecular weight excluding hydrogens is 332 g/mol. The van der Waals surface area contributed by atoms with Gasteiger partial charge in [-0.25, -0.2) is 9.78 Å². The van der Waals surface area contributed by atoms with Crippen LogP contribution in [-0.2, 0) is 0 Å². The number of halogens is 4. The zero-order chi connectivity index (χ0) is 14.2. The Morgan fingerprint density at radius 2 is 1.74 bits per heavy atom. The van der Waals surface area contributed by atoms with E-state index in [-0.39, 0.29) is 20.8 Å². The normalized spacial score (nSPS) is 10.5. The molecule has 2 aromatic rings. The molecule has 0 saturated heterocycles. The Kier molecular flexibility index (Phi) is 4.21. The van der Waals surface area contributed by atoms with Crippen LogP contribution in [0, 0.1) is 0 Å². The zero-order valence-corrected chi connectivity index (χ0v) is 12.1. The molecule has 0 atom stereocenters. The van der Waals surface area contributed by atoms with Gasteiger partial charge in [-0.05, 0) is 12.1 Å². The lowest BCUT2D eigenvalue weighted by Crippen LogP contribution is -2.01. The fourth-order valence-electron chi connectivity index (χ4n) is 1.49. The third kappa shape index (κ3) is 2.79. The number of carbonyl (C=O) groups is 1. The summed E-state index contributed by atoms with van der Waals surface area (Å²) in [6, 6.07) is 4.71. The fourth-order valence-corrected chi connectivity index (χ4v) is 2.38. The number of aromatic carboxylic acids is 1. The predicted octanol–water partition coefficient (Wildman–Crippen LogP) is 5.06. The Hall–Kier alpha value is -1.000. The minimum atomic E-state index is -1.20. The molecule has 1 aromatic heterocycles. The quantitative estimate of drug-likeness (QED) is 0.780. The molecule has 7 heteroatoms. The summed E-state index contributed by atoms with van der Waals surface area (Å²) in [7, 11) is 0. The minimum absolute atomic E-state index is 0.0205. The number of pyridine rings is 1. The van der Waals surface area contributed by atoms with Crippen molar-refractivity contribution in [2.24, 2.45) is 0 Å². The maximum atomic E-state index is 10.8. The molecule has 0 unspecified atom stereocenters. The lowest BCUT2D eigenvalue weighted by atomic mass is 10.1. The van der Waals surface area contributed by atoms with Crippen molar-refractivity contribution in [2.45, 2.75) is 0 Å². The van der Waals surface area contributed by atoms with E-state index in [0.29, 0.717) is 16.1 Å². The summed E-state index contributed by atoms with van der Waals surface area (Å²) < 4.78 is 0. The Balaban J connectivity index is 2.58. The number of rotatable bonds is 2. The molecule has 0 radical (unpaired) electrons. The molecule has 2 rings (SSSR count). The van der Waals surface area contributed by atoms with Crippen LogP contribution in [0.4, 0.5) is 0 Å². The molecule has 1 aromatic carbocycles. The second-order valence-electron chi connectivity index (χ2n) is 3.58. The summed E-state index contributed by atoms with van der Waals surface area (Å²) in [6.45, 7) is 0. The van der Waals surface area contributed by atoms with Crippen molar-refractivity contribution >= 4 is 52.4 Å². The first-order chi connectivity index (χ1) is 8.91. The number of hydrogen-bond acceptors (Lipinski definition) is 2. The monoisotopic (exact) mass is 335 g/mol. The maximum absolute atomic E-state index is 10.8. The number of carboxylic acids is 1. The van der Waals surface area contributed by atoms with Crippen molar-refractivity contribution in [3.8, 4) is 11.1 Å². The second-order valence-corrected chi connectivity index (χ2v) is 5.15. The van der Waals surface area contributed by atoms with E-state index in [9.17, 15) is 4.79 Å². The van der Waals surface area contributed by atoms with Gasteiger partial charge in [0.2, 0.25) is 0 Å². The van der Waals surface area contributed by atoms with E-state index in [1.165, 1.54) is 12.3 Å². The van der Waals surface area contributed by atoms with E-state index >= 15 is 0 Å². The van der Waals surface area contributed by atoms with Crippen molar-refractivity contribution < 1.29 is 9.90 Å². The molecule has 1 N–H and O–H groups in total. The number of aromatic nitrogens is 1. The SMILES string of the molecule is O=C(O)c1ncc(-c2ccc(Cl)c(Cl)c2Cl)cc1Cl. The molecule has 0 bridgehead atoms. The molecular formula is C12H5Cl4NO2. The van der Waals surface area contributed by atoms with E-state index in [0.717, 1.165) is 0 Å². The first-order valence-corrected chi connectivity index (χ1v) is 6.45. The molecule has 0 aliphatic carbocycles. The minimum Gasteiger partial charge on any atom is -0.476 e. The smallest absolute Gasteiger partial charge is 0.356 e. The standard InChI is InChI=1S/C12H5Cl4NO2/c13-7-2-1-6(9(15)10(7)16)5-3-8(14)11(12(18)19)17-4-5/h1-4H,(H,18,19). The van der Waals surface area contributed by atoms with E-state index in [1.54, 1.807) is 12.1 Å². The summed E-state index contributed by atoms with van der Waals surface area (Å²) in [4.78, 5) is 14.6. The maximum Gasteiger partial charge on any atom is 0.356 e. The van der Waals surface area contributed by atoms with Crippen LogP contribution in [-0.4, -0.2) is 16.1 Å². The Morgan fingerprint density at radius 1 is 1.05 bits per heavy atom. The Bertz CT molecular complexity index is 673. The molecule has 1 heterocycles. The number of hydrogen-bond donors (Lipinski definition) is 1. The van der Waals surface area contributed by atoms with Gasteiger partial charge >= 0.3 is 5.97 Å². The van der Waals surface area contributed by atoms with Crippen LogP contribution in [0.3, 0.4) is 0 Å². The highest BCUT2D eigenvalue weighted by Gasteiger charge is 2.15. The van der Waals surface area contributed by atoms with E-state index in [2.05, 4.69) is 4.98 Å². The second kappa shape index (κ2) is 5.55.